The zero-order valence-electron chi connectivity index (χ0n) is 7.21. The summed E-state index contributed by atoms with van der Waals surface area (Å²) >= 11 is 1.97. The zero-order valence-corrected chi connectivity index (χ0v) is 8.03. The summed E-state index contributed by atoms with van der Waals surface area (Å²) in [5.41, 5.74) is 1.47. The Morgan fingerprint density at radius 1 is 1.42 bits per heavy atom. The molecule has 1 nitrogen and oxygen atoms in total. The molecule has 0 aliphatic carbocycles. The van der Waals surface area contributed by atoms with E-state index in [1.54, 1.807) is 0 Å². The smallest absolute Gasteiger partial charge is 0.0336 e. The number of nitrogens with one attached hydrogen (secondary N) is 1. The van der Waals surface area contributed by atoms with Gasteiger partial charge in [-0.05, 0) is 30.9 Å². The van der Waals surface area contributed by atoms with E-state index in [1.165, 1.54) is 22.6 Å². The second-order valence-corrected chi connectivity index (χ2v) is 4.15. The standard InChI is InChI=1S/C10H13NS/c1-11-9-6-7-12-10-5-3-2-4-8(9)10/h2-5,9,11H,6-7H2,1H3. The van der Waals surface area contributed by atoms with Gasteiger partial charge in [0, 0.05) is 10.9 Å². The molecule has 1 aliphatic heterocycles. The first-order valence-electron chi connectivity index (χ1n) is 4.31. The number of hydrogen-bond acceptors (Lipinski definition) is 2. The molecule has 0 aromatic heterocycles. The SMILES string of the molecule is CNC1CCSc2ccccc21. The van der Waals surface area contributed by atoms with E-state index in [9.17, 15) is 0 Å². The zero-order chi connectivity index (χ0) is 8.39. The van der Waals surface area contributed by atoms with Crippen molar-refractivity contribution in [3.63, 3.8) is 0 Å². The minimum atomic E-state index is 0.572. The molecule has 64 valence electrons. The van der Waals surface area contributed by atoms with Crippen molar-refractivity contribution in [2.75, 3.05) is 12.8 Å². The fraction of sp³-hybridized carbons (Fsp3) is 0.400. The molecule has 2 heteroatoms. The van der Waals surface area contributed by atoms with Crippen molar-refractivity contribution >= 4 is 11.8 Å². The Morgan fingerprint density at radius 2 is 2.25 bits per heavy atom. The van der Waals surface area contributed by atoms with E-state index in [1.807, 2.05) is 18.8 Å². The van der Waals surface area contributed by atoms with E-state index in [2.05, 4.69) is 29.6 Å². The van der Waals surface area contributed by atoms with E-state index >= 15 is 0 Å². The molecule has 1 heterocycles. The average molecular weight is 179 g/mol. The van der Waals surface area contributed by atoms with Crippen LogP contribution in [0.1, 0.15) is 18.0 Å². The monoisotopic (exact) mass is 179 g/mol. The second-order valence-electron chi connectivity index (χ2n) is 3.02. The number of rotatable bonds is 1. The number of benzene rings is 1. The lowest BCUT2D eigenvalue weighted by molar-refractivity contribution is 0.565. The highest BCUT2D eigenvalue weighted by molar-refractivity contribution is 7.99. The lowest BCUT2D eigenvalue weighted by atomic mass is 10.0. The van der Waals surface area contributed by atoms with Crippen LogP contribution in [0.3, 0.4) is 0 Å². The summed E-state index contributed by atoms with van der Waals surface area (Å²) in [6.45, 7) is 0. The molecule has 12 heavy (non-hydrogen) atoms. The van der Waals surface area contributed by atoms with Crippen LogP contribution in [0.25, 0.3) is 0 Å². The van der Waals surface area contributed by atoms with Gasteiger partial charge < -0.3 is 5.32 Å². The summed E-state index contributed by atoms with van der Waals surface area (Å²) in [4.78, 5) is 1.45. The van der Waals surface area contributed by atoms with Crippen molar-refractivity contribution in [1.82, 2.24) is 5.32 Å². The fourth-order valence-electron chi connectivity index (χ4n) is 1.64. The molecule has 1 aromatic carbocycles. The first-order valence-corrected chi connectivity index (χ1v) is 5.29. The van der Waals surface area contributed by atoms with Crippen LogP contribution in [0.2, 0.25) is 0 Å². The van der Waals surface area contributed by atoms with Gasteiger partial charge in [0.15, 0.2) is 0 Å². The average Bonchev–Trinajstić information content (AvgIpc) is 2.17. The van der Waals surface area contributed by atoms with Gasteiger partial charge in [0.1, 0.15) is 0 Å². The number of fused-ring (bicyclic) bond motifs is 1. The first-order chi connectivity index (χ1) is 5.92. The van der Waals surface area contributed by atoms with Crippen LogP contribution in [-0.2, 0) is 0 Å². The lowest BCUT2D eigenvalue weighted by Crippen LogP contribution is -2.20. The Bertz CT molecular complexity index is 272. The summed E-state index contributed by atoms with van der Waals surface area (Å²) < 4.78 is 0. The van der Waals surface area contributed by atoms with Crippen LogP contribution in [0.15, 0.2) is 29.2 Å². The maximum Gasteiger partial charge on any atom is 0.0336 e. The summed E-state index contributed by atoms with van der Waals surface area (Å²) in [6.07, 6.45) is 1.25. The summed E-state index contributed by atoms with van der Waals surface area (Å²) in [5, 5.41) is 3.35. The minimum absolute atomic E-state index is 0.572. The molecule has 1 N–H and O–H groups in total. The van der Waals surface area contributed by atoms with Gasteiger partial charge in [-0.3, -0.25) is 0 Å². The predicted octanol–water partition coefficient (Wildman–Crippen LogP) is 2.44. The quantitative estimate of drug-likeness (QED) is 0.710. The van der Waals surface area contributed by atoms with Crippen LogP contribution >= 0.6 is 11.8 Å². The Morgan fingerprint density at radius 3 is 3.08 bits per heavy atom. The van der Waals surface area contributed by atoms with Crippen molar-refractivity contribution in [2.45, 2.75) is 17.4 Å². The van der Waals surface area contributed by atoms with Crippen LogP contribution in [0.5, 0.6) is 0 Å². The minimum Gasteiger partial charge on any atom is -0.313 e. The molecule has 0 fully saturated rings. The predicted molar refractivity (Wildman–Crippen MR) is 53.6 cm³/mol. The molecule has 0 radical (unpaired) electrons. The van der Waals surface area contributed by atoms with Crippen molar-refractivity contribution in [3.8, 4) is 0 Å². The van der Waals surface area contributed by atoms with Crippen molar-refractivity contribution in [3.05, 3.63) is 29.8 Å². The molecule has 0 saturated carbocycles. The second kappa shape index (κ2) is 3.50. The Labute approximate surface area is 77.6 Å². The third-order valence-electron chi connectivity index (χ3n) is 2.31. The van der Waals surface area contributed by atoms with Gasteiger partial charge in [0.25, 0.3) is 0 Å². The number of thioether (sulfide) groups is 1. The topological polar surface area (TPSA) is 12.0 Å². The van der Waals surface area contributed by atoms with E-state index < -0.39 is 0 Å². The highest BCUT2D eigenvalue weighted by Crippen LogP contribution is 2.35. The van der Waals surface area contributed by atoms with E-state index in [0.29, 0.717) is 6.04 Å². The molecule has 0 amide bonds. The molecule has 0 saturated heterocycles. The molecule has 2 rings (SSSR count). The van der Waals surface area contributed by atoms with Gasteiger partial charge in [-0.15, -0.1) is 11.8 Å². The Hall–Kier alpha value is -0.470. The van der Waals surface area contributed by atoms with Crippen LogP contribution in [0.4, 0.5) is 0 Å². The first kappa shape index (κ1) is 8.14. The third-order valence-corrected chi connectivity index (χ3v) is 3.43. The van der Waals surface area contributed by atoms with Gasteiger partial charge in [-0.2, -0.15) is 0 Å². The maximum absolute atomic E-state index is 3.35. The maximum atomic E-state index is 3.35. The highest BCUT2D eigenvalue weighted by atomic mass is 32.2. The number of hydrogen-bond donors (Lipinski definition) is 1. The molecule has 0 bridgehead atoms. The molecule has 1 aromatic rings. The fourth-order valence-corrected chi connectivity index (χ4v) is 2.77. The van der Waals surface area contributed by atoms with Gasteiger partial charge in [0.05, 0.1) is 0 Å². The molecule has 0 spiro atoms. The van der Waals surface area contributed by atoms with Crippen molar-refractivity contribution < 1.29 is 0 Å². The van der Waals surface area contributed by atoms with Gasteiger partial charge in [-0.1, -0.05) is 18.2 Å². The summed E-state index contributed by atoms with van der Waals surface area (Å²) in [7, 11) is 2.04. The normalized spacial score (nSPS) is 21.9. The molecule has 1 atom stereocenters. The molecule has 1 aliphatic rings. The van der Waals surface area contributed by atoms with Crippen LogP contribution in [0, 0.1) is 0 Å². The highest BCUT2D eigenvalue weighted by Gasteiger charge is 2.17. The van der Waals surface area contributed by atoms with E-state index in [-0.39, 0.29) is 0 Å². The summed E-state index contributed by atoms with van der Waals surface area (Å²) in [5.74, 6) is 1.24. The Kier molecular flexibility index (Phi) is 2.38. The van der Waals surface area contributed by atoms with Gasteiger partial charge in [-0.25, -0.2) is 0 Å². The Balaban J connectivity index is 2.37. The lowest BCUT2D eigenvalue weighted by Gasteiger charge is -2.24. The summed E-state index contributed by atoms with van der Waals surface area (Å²) in [6, 6.07) is 9.24. The van der Waals surface area contributed by atoms with Crippen LogP contribution in [-0.4, -0.2) is 12.8 Å². The van der Waals surface area contributed by atoms with E-state index in [0.717, 1.165) is 0 Å². The third kappa shape index (κ3) is 1.37. The van der Waals surface area contributed by atoms with Gasteiger partial charge in [0.2, 0.25) is 0 Å². The van der Waals surface area contributed by atoms with Crippen LogP contribution < -0.4 is 5.32 Å². The van der Waals surface area contributed by atoms with E-state index in [4.69, 9.17) is 0 Å². The molecule has 1 unspecified atom stereocenters. The molecular weight excluding hydrogens is 166 g/mol. The molecular formula is C10H13NS. The van der Waals surface area contributed by atoms with Gasteiger partial charge >= 0.3 is 0 Å². The van der Waals surface area contributed by atoms with Crippen molar-refractivity contribution in [1.29, 1.82) is 0 Å². The largest absolute Gasteiger partial charge is 0.313 e. The van der Waals surface area contributed by atoms with Crippen molar-refractivity contribution in [2.24, 2.45) is 0 Å².